The molecule has 0 aromatic rings. The van der Waals surface area contributed by atoms with Gasteiger partial charge in [0.05, 0.1) is 11.7 Å². The van der Waals surface area contributed by atoms with Crippen molar-refractivity contribution < 1.29 is 29.0 Å². The van der Waals surface area contributed by atoms with Crippen LogP contribution < -0.4 is 0 Å². The highest BCUT2D eigenvalue weighted by atomic mass is 16.6. The van der Waals surface area contributed by atoms with E-state index in [0.717, 1.165) is 19.3 Å². The number of Topliss-reactive ketones (excluding diaryl/α,β-unsaturated/α-hetero) is 1. The Morgan fingerprint density at radius 1 is 1.18 bits per heavy atom. The normalized spacial score (nSPS) is 39.8. The Balaban J connectivity index is 1.98. The summed E-state index contributed by atoms with van der Waals surface area (Å²) in [7, 11) is 0. The number of carbonyl (C=O) groups is 3. The van der Waals surface area contributed by atoms with E-state index in [4.69, 9.17) is 9.47 Å². The standard InChI is InChI=1S/C22H28O6/c1-10(2)14-19(27-11(3)23)17(25)16-18-15-13(20(26)28-18)12(24)6-7-21(15,4)8-9-22(14,16)5/h10,12,14,19,24H,6-9H2,1-5H3. The van der Waals surface area contributed by atoms with Crippen LogP contribution in [0.15, 0.2) is 22.5 Å². The minimum absolute atomic E-state index is 0.0977. The summed E-state index contributed by atoms with van der Waals surface area (Å²) in [5.41, 5.74) is 0.609. The fourth-order valence-electron chi connectivity index (χ4n) is 6.15. The topological polar surface area (TPSA) is 89.9 Å². The summed E-state index contributed by atoms with van der Waals surface area (Å²) in [6.07, 6.45) is 1.04. The molecule has 1 saturated carbocycles. The molecule has 6 nitrogen and oxygen atoms in total. The minimum atomic E-state index is -0.869. The fourth-order valence-corrected chi connectivity index (χ4v) is 6.15. The second-order valence-corrected chi connectivity index (χ2v) is 9.58. The lowest BCUT2D eigenvalue weighted by molar-refractivity contribution is -0.155. The van der Waals surface area contributed by atoms with Crippen LogP contribution in [0.1, 0.15) is 60.3 Å². The van der Waals surface area contributed by atoms with Crippen LogP contribution in [0.25, 0.3) is 0 Å². The monoisotopic (exact) mass is 388 g/mol. The molecular formula is C22H28O6. The molecule has 1 heterocycles. The summed E-state index contributed by atoms with van der Waals surface area (Å²) in [4.78, 5) is 37.8. The maximum atomic E-state index is 13.5. The zero-order valence-electron chi connectivity index (χ0n) is 17.1. The third-order valence-corrected chi connectivity index (χ3v) is 7.39. The van der Waals surface area contributed by atoms with Gasteiger partial charge in [-0.15, -0.1) is 0 Å². The molecule has 5 atom stereocenters. The number of carbonyl (C=O) groups excluding carboxylic acids is 3. The third-order valence-electron chi connectivity index (χ3n) is 7.39. The Morgan fingerprint density at radius 3 is 2.46 bits per heavy atom. The van der Waals surface area contributed by atoms with Crippen molar-refractivity contribution in [2.75, 3.05) is 0 Å². The van der Waals surface area contributed by atoms with Crippen molar-refractivity contribution in [2.45, 2.75) is 72.5 Å². The van der Waals surface area contributed by atoms with Gasteiger partial charge in [-0.3, -0.25) is 9.59 Å². The molecule has 28 heavy (non-hydrogen) atoms. The first kappa shape index (κ1) is 19.4. The number of hydrogen-bond acceptors (Lipinski definition) is 6. The van der Waals surface area contributed by atoms with E-state index in [9.17, 15) is 19.5 Å². The average molecular weight is 388 g/mol. The first-order chi connectivity index (χ1) is 13.0. The van der Waals surface area contributed by atoms with Gasteiger partial charge in [0.15, 0.2) is 6.10 Å². The average Bonchev–Trinajstić information content (AvgIpc) is 3.00. The number of aliphatic hydroxyl groups excluding tert-OH is 1. The zero-order valence-corrected chi connectivity index (χ0v) is 17.1. The number of allylic oxidation sites excluding steroid dienone is 1. The van der Waals surface area contributed by atoms with Gasteiger partial charge in [0.25, 0.3) is 0 Å². The second kappa shape index (κ2) is 6.02. The molecule has 0 spiro atoms. The molecule has 4 aliphatic rings. The Hall–Kier alpha value is -1.95. The van der Waals surface area contributed by atoms with E-state index in [1.807, 2.05) is 20.8 Å². The zero-order chi connectivity index (χ0) is 20.6. The molecule has 1 aliphatic heterocycles. The van der Waals surface area contributed by atoms with E-state index >= 15 is 0 Å². The number of rotatable bonds is 2. The molecule has 0 radical (unpaired) electrons. The molecule has 6 heteroatoms. The van der Waals surface area contributed by atoms with Crippen LogP contribution in [-0.4, -0.2) is 35.0 Å². The maximum Gasteiger partial charge on any atom is 0.342 e. The summed E-state index contributed by atoms with van der Waals surface area (Å²) in [5.74, 6) is -1.08. The van der Waals surface area contributed by atoms with Gasteiger partial charge in [-0.2, -0.15) is 0 Å². The molecule has 3 aliphatic carbocycles. The van der Waals surface area contributed by atoms with Crippen LogP contribution in [0.5, 0.6) is 0 Å². The van der Waals surface area contributed by atoms with Crippen LogP contribution in [-0.2, 0) is 23.9 Å². The van der Waals surface area contributed by atoms with Crippen molar-refractivity contribution in [3.8, 4) is 0 Å². The summed E-state index contributed by atoms with van der Waals surface area (Å²) < 4.78 is 11.2. The summed E-state index contributed by atoms with van der Waals surface area (Å²) >= 11 is 0. The lowest BCUT2D eigenvalue weighted by Gasteiger charge is -2.38. The van der Waals surface area contributed by atoms with Crippen molar-refractivity contribution in [1.82, 2.24) is 0 Å². The fraction of sp³-hybridized carbons (Fsp3) is 0.682. The number of ketones is 1. The maximum absolute atomic E-state index is 13.5. The van der Waals surface area contributed by atoms with E-state index < -0.39 is 29.6 Å². The van der Waals surface area contributed by atoms with Crippen LogP contribution in [0.4, 0.5) is 0 Å². The van der Waals surface area contributed by atoms with E-state index in [0.29, 0.717) is 28.9 Å². The third kappa shape index (κ3) is 2.39. The van der Waals surface area contributed by atoms with Crippen LogP contribution in [0.3, 0.4) is 0 Å². The Morgan fingerprint density at radius 2 is 1.86 bits per heavy atom. The smallest absolute Gasteiger partial charge is 0.342 e. The van der Waals surface area contributed by atoms with Crippen LogP contribution in [0, 0.1) is 22.7 Å². The van der Waals surface area contributed by atoms with Gasteiger partial charge < -0.3 is 14.6 Å². The number of aliphatic hydroxyl groups is 1. The van der Waals surface area contributed by atoms with Crippen molar-refractivity contribution in [3.05, 3.63) is 22.5 Å². The Kier molecular flexibility index (Phi) is 4.17. The van der Waals surface area contributed by atoms with Gasteiger partial charge in [-0.25, -0.2) is 4.79 Å². The molecular weight excluding hydrogens is 360 g/mol. The van der Waals surface area contributed by atoms with E-state index in [1.165, 1.54) is 6.92 Å². The molecule has 0 amide bonds. The largest absolute Gasteiger partial charge is 0.454 e. The Bertz CT molecular complexity index is 849. The lowest BCUT2D eigenvalue weighted by atomic mass is 9.65. The van der Waals surface area contributed by atoms with E-state index in [2.05, 4.69) is 6.92 Å². The van der Waals surface area contributed by atoms with Gasteiger partial charge in [-0.1, -0.05) is 27.7 Å². The highest BCUT2D eigenvalue weighted by molar-refractivity contribution is 6.07. The summed E-state index contributed by atoms with van der Waals surface area (Å²) in [6, 6.07) is 0. The Labute approximate surface area is 165 Å². The van der Waals surface area contributed by atoms with E-state index in [-0.39, 0.29) is 23.0 Å². The van der Waals surface area contributed by atoms with Crippen molar-refractivity contribution in [1.29, 1.82) is 0 Å². The molecule has 1 fully saturated rings. The lowest BCUT2D eigenvalue weighted by Crippen LogP contribution is -2.37. The molecule has 1 N–H and O–H groups in total. The highest BCUT2D eigenvalue weighted by Gasteiger charge is 2.62. The van der Waals surface area contributed by atoms with Crippen molar-refractivity contribution in [2.24, 2.45) is 22.7 Å². The molecule has 0 aromatic carbocycles. The van der Waals surface area contributed by atoms with E-state index in [1.54, 1.807) is 0 Å². The minimum Gasteiger partial charge on any atom is -0.454 e. The number of ether oxygens (including phenoxy) is 2. The second-order valence-electron chi connectivity index (χ2n) is 9.58. The van der Waals surface area contributed by atoms with Gasteiger partial charge in [0.2, 0.25) is 5.78 Å². The molecule has 0 saturated heterocycles. The first-order valence-electron chi connectivity index (χ1n) is 10.1. The van der Waals surface area contributed by atoms with Crippen LogP contribution >= 0.6 is 0 Å². The molecule has 0 bridgehead atoms. The van der Waals surface area contributed by atoms with Crippen molar-refractivity contribution in [3.63, 3.8) is 0 Å². The first-order valence-corrected chi connectivity index (χ1v) is 10.1. The predicted octanol–water partition coefficient (Wildman–Crippen LogP) is 2.84. The number of esters is 2. The molecule has 0 aromatic heterocycles. The predicted molar refractivity (Wildman–Crippen MR) is 99.7 cm³/mol. The summed E-state index contributed by atoms with van der Waals surface area (Å²) in [5, 5.41) is 10.5. The molecule has 5 unspecified atom stereocenters. The van der Waals surface area contributed by atoms with Gasteiger partial charge >= 0.3 is 11.9 Å². The molecule has 152 valence electrons. The number of fused-ring (bicyclic) bond motifs is 1. The van der Waals surface area contributed by atoms with Crippen molar-refractivity contribution >= 4 is 17.7 Å². The SMILES string of the molecule is CC(=O)OC1C(=O)C2=C3OC(=O)C4=C3C(C)(CCC4O)CCC2(C)C1C(C)C. The molecule has 4 rings (SSSR count). The number of hydrogen-bond donors (Lipinski definition) is 1. The quantitative estimate of drug-likeness (QED) is 0.732. The van der Waals surface area contributed by atoms with Crippen LogP contribution in [0.2, 0.25) is 0 Å². The van der Waals surface area contributed by atoms with Gasteiger partial charge in [-0.05, 0) is 37.0 Å². The highest BCUT2D eigenvalue weighted by Crippen LogP contribution is 2.62. The van der Waals surface area contributed by atoms with Gasteiger partial charge in [0, 0.05) is 29.4 Å². The summed E-state index contributed by atoms with van der Waals surface area (Å²) in [6.45, 7) is 9.50. The van der Waals surface area contributed by atoms with Gasteiger partial charge in [0.1, 0.15) is 5.76 Å².